The molecule has 1 amide bonds. The molecule has 1 aliphatic carbocycles. The van der Waals surface area contributed by atoms with Gasteiger partial charge in [0.1, 0.15) is 0 Å². The summed E-state index contributed by atoms with van der Waals surface area (Å²) in [6.45, 7) is 5.71. The van der Waals surface area contributed by atoms with E-state index in [9.17, 15) is 9.59 Å². The van der Waals surface area contributed by atoms with Crippen LogP contribution in [0.15, 0.2) is 35.1 Å². The lowest BCUT2D eigenvalue weighted by molar-refractivity contribution is -0.122. The minimum Gasteiger partial charge on any atom is -0.353 e. The van der Waals surface area contributed by atoms with E-state index in [1.165, 1.54) is 12.0 Å². The number of rotatable bonds is 8. The van der Waals surface area contributed by atoms with E-state index in [1.807, 2.05) is 19.9 Å². The van der Waals surface area contributed by atoms with E-state index in [4.69, 9.17) is 0 Å². The first kappa shape index (κ1) is 22.2. The maximum atomic E-state index is 12.5. The molecule has 162 valence electrons. The van der Waals surface area contributed by atoms with Crippen LogP contribution in [0.4, 0.5) is 0 Å². The van der Waals surface area contributed by atoms with Gasteiger partial charge in [0.25, 0.3) is 0 Å². The van der Waals surface area contributed by atoms with Crippen LogP contribution in [0.3, 0.4) is 0 Å². The highest BCUT2D eigenvalue weighted by Gasteiger charge is 2.24. The van der Waals surface area contributed by atoms with Gasteiger partial charge in [-0.1, -0.05) is 36.8 Å². The lowest BCUT2D eigenvalue weighted by Crippen LogP contribution is -2.40. The minimum atomic E-state index is -0.330. The predicted molar refractivity (Wildman–Crippen MR) is 119 cm³/mol. The van der Waals surface area contributed by atoms with Crippen LogP contribution < -0.4 is 11.0 Å². The van der Waals surface area contributed by atoms with Crippen LogP contribution in [0.5, 0.6) is 0 Å². The zero-order valence-electron chi connectivity index (χ0n) is 18.4. The molecule has 0 bridgehead atoms. The molecular weight excluding hydrogens is 376 g/mol. The summed E-state index contributed by atoms with van der Waals surface area (Å²) in [4.78, 5) is 33.0. The lowest BCUT2D eigenvalue weighted by Gasteiger charge is -2.32. The van der Waals surface area contributed by atoms with Gasteiger partial charge in [-0.05, 0) is 63.6 Å². The van der Waals surface area contributed by atoms with Crippen LogP contribution in [-0.4, -0.2) is 40.4 Å². The first-order chi connectivity index (χ1) is 14.4. The van der Waals surface area contributed by atoms with E-state index >= 15 is 0 Å². The molecule has 0 aliphatic heterocycles. The van der Waals surface area contributed by atoms with Gasteiger partial charge in [-0.25, -0.2) is 4.79 Å². The van der Waals surface area contributed by atoms with E-state index in [2.05, 4.69) is 51.5 Å². The largest absolute Gasteiger partial charge is 0.353 e. The van der Waals surface area contributed by atoms with Gasteiger partial charge in [-0.2, -0.15) is 4.98 Å². The Kier molecular flexibility index (Phi) is 7.80. The zero-order valence-corrected chi connectivity index (χ0v) is 18.4. The molecule has 1 aliphatic rings. The van der Waals surface area contributed by atoms with E-state index in [0.29, 0.717) is 24.5 Å². The number of H-pyrrole nitrogens is 1. The third kappa shape index (κ3) is 6.52. The van der Waals surface area contributed by atoms with Crippen molar-refractivity contribution in [1.82, 2.24) is 20.2 Å². The van der Waals surface area contributed by atoms with Crippen molar-refractivity contribution in [3.8, 4) is 0 Å². The van der Waals surface area contributed by atoms with E-state index in [-0.39, 0.29) is 17.6 Å². The normalized spacial score (nSPS) is 19.1. The second kappa shape index (κ2) is 10.5. The fraction of sp³-hybridized carbons (Fsp3) is 0.542. The van der Waals surface area contributed by atoms with Gasteiger partial charge in [-0.3, -0.25) is 4.79 Å². The number of hydrogen-bond donors (Lipinski definition) is 2. The van der Waals surface area contributed by atoms with Crippen molar-refractivity contribution < 1.29 is 4.79 Å². The summed E-state index contributed by atoms with van der Waals surface area (Å²) in [6, 6.07) is 10.8. The maximum Gasteiger partial charge on any atom is 0.345 e. The van der Waals surface area contributed by atoms with Gasteiger partial charge in [-0.15, -0.1) is 0 Å². The van der Waals surface area contributed by atoms with Crippen molar-refractivity contribution in [1.29, 1.82) is 0 Å². The number of nitrogens with one attached hydrogen (secondary N) is 2. The fourth-order valence-electron chi connectivity index (χ4n) is 4.65. The van der Waals surface area contributed by atoms with Gasteiger partial charge in [0.05, 0.1) is 0 Å². The molecule has 2 N–H and O–H groups in total. The molecular formula is C24H34N4O2. The molecule has 1 aromatic heterocycles. The Bertz CT molecular complexity index is 868. The summed E-state index contributed by atoms with van der Waals surface area (Å²) in [7, 11) is 2.18. The topological polar surface area (TPSA) is 78.1 Å². The van der Waals surface area contributed by atoms with Gasteiger partial charge < -0.3 is 15.2 Å². The average molecular weight is 411 g/mol. The number of aryl methyl sites for hydroxylation is 2. The zero-order chi connectivity index (χ0) is 21.5. The van der Waals surface area contributed by atoms with Crippen molar-refractivity contribution in [3.05, 3.63) is 63.3 Å². The van der Waals surface area contributed by atoms with Crippen LogP contribution in [0.1, 0.15) is 54.6 Å². The highest BCUT2D eigenvalue weighted by atomic mass is 16.1. The number of carbonyl (C=O) groups is 1. The summed E-state index contributed by atoms with van der Waals surface area (Å²) in [5.41, 5.74) is 3.49. The molecule has 2 aromatic rings. The van der Waals surface area contributed by atoms with Crippen molar-refractivity contribution in [2.75, 3.05) is 13.6 Å². The number of aromatic nitrogens is 2. The molecule has 1 aromatic carbocycles. The standard InChI is InChI=1S/C24H34N4O2/c1-17-22(18(2)26-24(30)25-17)12-13-23(29)27-21-11-7-10-20(14-21)16-28(3)15-19-8-5-4-6-9-19/h4-6,8-9,20-21H,7,10-16H2,1-3H3,(H,27,29)(H,25,26,30)/t20-,21-/m1/s1. The predicted octanol–water partition coefficient (Wildman–Crippen LogP) is 3.13. The Morgan fingerprint density at radius 1 is 1.23 bits per heavy atom. The van der Waals surface area contributed by atoms with Crippen LogP contribution in [0.25, 0.3) is 0 Å². The summed E-state index contributed by atoms with van der Waals surface area (Å²) in [5.74, 6) is 0.703. The average Bonchev–Trinajstić information content (AvgIpc) is 2.68. The Morgan fingerprint density at radius 3 is 2.73 bits per heavy atom. The quantitative estimate of drug-likeness (QED) is 0.701. The molecule has 0 radical (unpaired) electrons. The van der Waals surface area contributed by atoms with Crippen LogP contribution in [-0.2, 0) is 17.8 Å². The lowest BCUT2D eigenvalue weighted by atomic mass is 9.85. The van der Waals surface area contributed by atoms with Crippen LogP contribution >= 0.6 is 0 Å². The van der Waals surface area contributed by atoms with Gasteiger partial charge in [0.15, 0.2) is 0 Å². The van der Waals surface area contributed by atoms with Crippen molar-refractivity contribution in [3.63, 3.8) is 0 Å². The second-order valence-corrected chi connectivity index (χ2v) is 8.71. The van der Waals surface area contributed by atoms with Gasteiger partial charge >= 0.3 is 5.69 Å². The van der Waals surface area contributed by atoms with Crippen molar-refractivity contribution >= 4 is 5.91 Å². The van der Waals surface area contributed by atoms with Gasteiger partial charge in [0.2, 0.25) is 5.91 Å². The second-order valence-electron chi connectivity index (χ2n) is 8.71. The SMILES string of the molecule is Cc1nc(=O)[nH]c(C)c1CCC(=O)N[C@@H]1CCC[C@@H](CN(C)Cc2ccccc2)C1. The summed E-state index contributed by atoms with van der Waals surface area (Å²) in [5, 5.41) is 3.24. The highest BCUT2D eigenvalue weighted by Crippen LogP contribution is 2.25. The first-order valence-electron chi connectivity index (χ1n) is 11.0. The molecule has 3 rings (SSSR count). The first-order valence-corrected chi connectivity index (χ1v) is 11.0. The fourth-order valence-corrected chi connectivity index (χ4v) is 4.65. The maximum absolute atomic E-state index is 12.5. The Hall–Kier alpha value is -2.47. The molecule has 1 heterocycles. The number of hydrogen-bond acceptors (Lipinski definition) is 4. The third-order valence-electron chi connectivity index (χ3n) is 6.07. The summed E-state index contributed by atoms with van der Waals surface area (Å²) >= 11 is 0. The van der Waals surface area contributed by atoms with E-state index < -0.39 is 0 Å². The molecule has 6 heteroatoms. The number of carbonyl (C=O) groups excluding carboxylic acids is 1. The molecule has 2 atom stereocenters. The Balaban J connectivity index is 1.45. The number of aromatic amines is 1. The van der Waals surface area contributed by atoms with Crippen LogP contribution in [0, 0.1) is 19.8 Å². The van der Waals surface area contributed by atoms with Crippen LogP contribution in [0.2, 0.25) is 0 Å². The Labute approximate surface area is 179 Å². The molecule has 0 saturated heterocycles. The molecule has 1 saturated carbocycles. The van der Waals surface area contributed by atoms with E-state index in [1.54, 1.807) is 0 Å². The third-order valence-corrected chi connectivity index (χ3v) is 6.07. The summed E-state index contributed by atoms with van der Waals surface area (Å²) in [6.07, 6.45) is 5.52. The van der Waals surface area contributed by atoms with Crippen molar-refractivity contribution in [2.45, 2.75) is 65.0 Å². The number of nitrogens with zero attached hydrogens (tertiary/aromatic N) is 2. The van der Waals surface area contributed by atoms with Crippen molar-refractivity contribution in [2.24, 2.45) is 5.92 Å². The molecule has 0 unspecified atom stereocenters. The minimum absolute atomic E-state index is 0.0864. The summed E-state index contributed by atoms with van der Waals surface area (Å²) < 4.78 is 0. The molecule has 6 nitrogen and oxygen atoms in total. The van der Waals surface area contributed by atoms with E-state index in [0.717, 1.165) is 43.6 Å². The molecule has 30 heavy (non-hydrogen) atoms. The Morgan fingerprint density at radius 2 is 2.00 bits per heavy atom. The number of benzene rings is 1. The van der Waals surface area contributed by atoms with Gasteiger partial charge in [0, 0.05) is 36.9 Å². The molecule has 0 spiro atoms. The smallest absolute Gasteiger partial charge is 0.345 e. The molecule has 1 fully saturated rings. The highest BCUT2D eigenvalue weighted by molar-refractivity contribution is 5.76. The number of amides is 1. The monoisotopic (exact) mass is 410 g/mol.